The molecule has 2 fully saturated rings. The molecule has 0 bridgehead atoms. The van der Waals surface area contributed by atoms with Crippen molar-refractivity contribution >= 4 is 40.0 Å². The summed E-state index contributed by atoms with van der Waals surface area (Å²) < 4.78 is 27.2. The van der Waals surface area contributed by atoms with Crippen LogP contribution in [0.15, 0.2) is 40.2 Å². The highest BCUT2D eigenvalue weighted by atomic mass is 127. The molecule has 1 aromatic rings. The van der Waals surface area contributed by atoms with Gasteiger partial charge in [0.2, 0.25) is 10.0 Å². The van der Waals surface area contributed by atoms with Crippen LogP contribution in [-0.2, 0) is 10.0 Å². The maximum Gasteiger partial charge on any atom is 0.243 e. The van der Waals surface area contributed by atoms with E-state index in [2.05, 4.69) is 31.0 Å². The van der Waals surface area contributed by atoms with Gasteiger partial charge in [0.05, 0.1) is 4.90 Å². The minimum atomic E-state index is -3.38. The summed E-state index contributed by atoms with van der Waals surface area (Å²) in [4.78, 5) is 7.73. The second kappa shape index (κ2) is 11.7. The van der Waals surface area contributed by atoms with Crippen molar-refractivity contribution in [2.75, 3.05) is 39.3 Å². The Hall–Kier alpha value is -0.870. The molecule has 2 aliphatic heterocycles. The van der Waals surface area contributed by atoms with Gasteiger partial charge >= 0.3 is 0 Å². The van der Waals surface area contributed by atoms with Crippen molar-refractivity contribution in [2.24, 2.45) is 22.7 Å². The fourth-order valence-electron chi connectivity index (χ4n) is 4.55. The molecule has 0 aromatic heterocycles. The van der Waals surface area contributed by atoms with Crippen LogP contribution in [0.3, 0.4) is 0 Å². The molecule has 30 heavy (non-hydrogen) atoms. The summed E-state index contributed by atoms with van der Waals surface area (Å²) in [6.45, 7) is 11.6. The van der Waals surface area contributed by atoms with E-state index in [1.165, 1.54) is 6.42 Å². The van der Waals surface area contributed by atoms with Crippen molar-refractivity contribution in [2.45, 2.75) is 44.9 Å². The molecule has 6 nitrogen and oxygen atoms in total. The summed E-state index contributed by atoms with van der Waals surface area (Å²) in [7, 11) is -3.38. The maximum atomic E-state index is 12.8. The summed E-state index contributed by atoms with van der Waals surface area (Å²) in [6, 6.07) is 8.75. The predicted molar refractivity (Wildman–Crippen MR) is 134 cm³/mol. The predicted octanol–water partition coefficient (Wildman–Crippen LogP) is 3.65. The molecule has 1 N–H and O–H groups in total. The number of halogens is 1. The Morgan fingerprint density at radius 3 is 2.27 bits per heavy atom. The highest BCUT2D eigenvalue weighted by Crippen LogP contribution is 2.25. The van der Waals surface area contributed by atoms with Crippen LogP contribution >= 0.6 is 24.0 Å². The Bertz CT molecular complexity index is 770. The molecule has 8 heteroatoms. The molecule has 2 saturated heterocycles. The molecule has 0 radical (unpaired) electrons. The van der Waals surface area contributed by atoms with Gasteiger partial charge in [-0.1, -0.05) is 32.0 Å². The fourth-order valence-corrected chi connectivity index (χ4v) is 6.04. The van der Waals surface area contributed by atoms with Crippen LogP contribution in [0, 0.1) is 17.8 Å². The van der Waals surface area contributed by atoms with Crippen LogP contribution in [0.2, 0.25) is 0 Å². The first-order chi connectivity index (χ1) is 13.9. The van der Waals surface area contributed by atoms with Crippen molar-refractivity contribution in [1.29, 1.82) is 0 Å². The van der Waals surface area contributed by atoms with Crippen molar-refractivity contribution in [3.05, 3.63) is 30.3 Å². The van der Waals surface area contributed by atoms with E-state index in [-0.39, 0.29) is 24.0 Å². The van der Waals surface area contributed by atoms with Crippen LogP contribution in [0.25, 0.3) is 0 Å². The maximum absolute atomic E-state index is 12.8. The van der Waals surface area contributed by atoms with E-state index in [9.17, 15) is 8.42 Å². The van der Waals surface area contributed by atoms with Crippen molar-refractivity contribution in [1.82, 2.24) is 14.5 Å². The SMILES string of the molecule is CCNC(=NCC1CCN(S(=O)(=O)c2ccccc2)CC1)N1CC(C)CC(C)C1.I. The molecule has 0 saturated carbocycles. The molecule has 3 rings (SSSR count). The van der Waals surface area contributed by atoms with Gasteiger partial charge in [0, 0.05) is 39.3 Å². The quantitative estimate of drug-likeness (QED) is 0.347. The van der Waals surface area contributed by atoms with Gasteiger partial charge in [-0.25, -0.2) is 8.42 Å². The van der Waals surface area contributed by atoms with Gasteiger partial charge < -0.3 is 10.2 Å². The second-order valence-electron chi connectivity index (χ2n) is 8.71. The first kappa shape index (κ1) is 25.4. The molecule has 0 spiro atoms. The van der Waals surface area contributed by atoms with E-state index in [0.717, 1.165) is 45.0 Å². The molecule has 2 unspecified atom stereocenters. The lowest BCUT2D eigenvalue weighted by atomic mass is 9.92. The van der Waals surface area contributed by atoms with E-state index >= 15 is 0 Å². The van der Waals surface area contributed by atoms with E-state index in [1.807, 2.05) is 6.07 Å². The summed E-state index contributed by atoms with van der Waals surface area (Å²) in [6.07, 6.45) is 3.01. The van der Waals surface area contributed by atoms with Gasteiger partial charge in [-0.15, -0.1) is 24.0 Å². The Kier molecular flexibility index (Phi) is 9.87. The number of aliphatic imine (C=N–C) groups is 1. The van der Waals surface area contributed by atoms with Gasteiger partial charge in [-0.2, -0.15) is 4.31 Å². The summed E-state index contributed by atoms with van der Waals surface area (Å²) >= 11 is 0. The van der Waals surface area contributed by atoms with E-state index in [0.29, 0.717) is 35.7 Å². The molecular formula is C22H37IN4O2S. The number of hydrogen-bond acceptors (Lipinski definition) is 3. The second-order valence-corrected chi connectivity index (χ2v) is 10.6. The molecule has 0 amide bonds. The topological polar surface area (TPSA) is 65.0 Å². The highest BCUT2D eigenvalue weighted by molar-refractivity contribution is 14.0. The average Bonchev–Trinajstić information content (AvgIpc) is 2.71. The molecule has 170 valence electrons. The van der Waals surface area contributed by atoms with Crippen LogP contribution in [-0.4, -0.2) is 62.9 Å². The number of sulfonamides is 1. The number of hydrogen-bond donors (Lipinski definition) is 1. The lowest BCUT2D eigenvalue weighted by Crippen LogP contribution is -2.48. The van der Waals surface area contributed by atoms with E-state index < -0.39 is 10.0 Å². The van der Waals surface area contributed by atoms with E-state index in [4.69, 9.17) is 4.99 Å². The van der Waals surface area contributed by atoms with E-state index in [1.54, 1.807) is 28.6 Å². The molecule has 2 aliphatic rings. The number of guanidine groups is 1. The zero-order chi connectivity index (χ0) is 20.9. The van der Waals surface area contributed by atoms with Gasteiger partial charge in [0.25, 0.3) is 0 Å². The number of rotatable bonds is 5. The number of benzene rings is 1. The fraction of sp³-hybridized carbons (Fsp3) is 0.682. The molecular weight excluding hydrogens is 511 g/mol. The van der Waals surface area contributed by atoms with Crippen LogP contribution in [0.5, 0.6) is 0 Å². The first-order valence-electron chi connectivity index (χ1n) is 11.0. The Morgan fingerprint density at radius 1 is 1.10 bits per heavy atom. The van der Waals surface area contributed by atoms with Crippen LogP contribution in [0.1, 0.15) is 40.0 Å². The Labute approximate surface area is 199 Å². The third-order valence-corrected chi connectivity index (χ3v) is 7.87. The lowest BCUT2D eigenvalue weighted by molar-refractivity contribution is 0.207. The summed E-state index contributed by atoms with van der Waals surface area (Å²) in [5.41, 5.74) is 0. The molecule has 1 aromatic carbocycles. The Balaban J connectivity index is 0.00000320. The summed E-state index contributed by atoms with van der Waals surface area (Å²) in [5, 5.41) is 3.46. The molecule has 2 atom stereocenters. The summed E-state index contributed by atoms with van der Waals surface area (Å²) in [5.74, 6) is 2.83. The Morgan fingerprint density at radius 2 is 1.70 bits per heavy atom. The number of nitrogens with one attached hydrogen (secondary N) is 1. The zero-order valence-corrected chi connectivity index (χ0v) is 21.6. The molecule has 2 heterocycles. The normalized spacial score (nSPS) is 24.4. The third-order valence-electron chi connectivity index (χ3n) is 5.96. The number of piperidine rings is 2. The standard InChI is InChI=1S/C22H36N4O2S.HI/c1-4-23-22(25-16-18(2)14-19(3)17-25)24-15-20-10-12-26(13-11-20)29(27,28)21-8-6-5-7-9-21;/h5-9,18-20H,4,10-17H2,1-3H3,(H,23,24);1H. The number of likely N-dealkylation sites (tertiary alicyclic amines) is 1. The minimum absolute atomic E-state index is 0. The van der Waals surface area contributed by atoms with Crippen molar-refractivity contribution in [3.63, 3.8) is 0 Å². The van der Waals surface area contributed by atoms with Crippen LogP contribution < -0.4 is 5.32 Å². The first-order valence-corrected chi connectivity index (χ1v) is 12.4. The van der Waals surface area contributed by atoms with Crippen molar-refractivity contribution < 1.29 is 8.42 Å². The highest BCUT2D eigenvalue weighted by Gasteiger charge is 2.29. The van der Waals surface area contributed by atoms with Gasteiger partial charge in [0.1, 0.15) is 0 Å². The molecule has 0 aliphatic carbocycles. The largest absolute Gasteiger partial charge is 0.357 e. The van der Waals surface area contributed by atoms with Gasteiger partial charge in [-0.05, 0) is 56.1 Å². The van der Waals surface area contributed by atoms with Gasteiger partial charge in [0.15, 0.2) is 5.96 Å². The zero-order valence-electron chi connectivity index (χ0n) is 18.5. The van der Waals surface area contributed by atoms with Crippen LogP contribution in [0.4, 0.5) is 0 Å². The lowest BCUT2D eigenvalue weighted by Gasteiger charge is -2.37. The average molecular weight is 549 g/mol. The minimum Gasteiger partial charge on any atom is -0.357 e. The number of nitrogens with zero attached hydrogens (tertiary/aromatic N) is 3. The third kappa shape index (κ3) is 6.56. The smallest absolute Gasteiger partial charge is 0.243 e. The van der Waals surface area contributed by atoms with Gasteiger partial charge in [-0.3, -0.25) is 4.99 Å². The monoisotopic (exact) mass is 548 g/mol. The van der Waals surface area contributed by atoms with Crippen molar-refractivity contribution in [3.8, 4) is 0 Å².